The van der Waals surface area contributed by atoms with Gasteiger partial charge in [-0.15, -0.1) is 0 Å². The highest BCUT2D eigenvalue weighted by Gasteiger charge is 2.29. The van der Waals surface area contributed by atoms with Crippen LogP contribution in [0.4, 0.5) is 5.69 Å². The van der Waals surface area contributed by atoms with Gasteiger partial charge in [-0.1, -0.05) is 6.07 Å². The van der Waals surface area contributed by atoms with Gasteiger partial charge in [-0.05, 0) is 6.07 Å². The third-order valence-electron chi connectivity index (χ3n) is 3.02. The van der Waals surface area contributed by atoms with E-state index in [9.17, 15) is 10.1 Å². The van der Waals surface area contributed by atoms with Gasteiger partial charge >= 0.3 is 0 Å². The Kier molecular flexibility index (Phi) is 3.43. The van der Waals surface area contributed by atoms with Crippen LogP contribution in [0, 0.1) is 10.1 Å². The number of hydrogen-bond acceptors (Lipinski definition) is 6. The highest BCUT2D eigenvalue weighted by Crippen LogP contribution is 2.34. The highest BCUT2D eigenvalue weighted by atomic mass is 16.7. The maximum atomic E-state index is 11.2. The average Bonchev–Trinajstić information content (AvgIpc) is 3.11. The summed E-state index contributed by atoms with van der Waals surface area (Å²) in [6, 6.07) is 4.83. The molecule has 2 saturated heterocycles. The van der Waals surface area contributed by atoms with Crippen LogP contribution in [0.2, 0.25) is 0 Å². The lowest BCUT2D eigenvalue weighted by atomic mass is 10.1. The SMILES string of the molecule is O=[N+]([O-])c1cc(C2OCCO2)ccc1C1OCCO1. The number of nitro groups is 1. The van der Waals surface area contributed by atoms with Crippen LogP contribution in [0.25, 0.3) is 0 Å². The molecule has 0 aliphatic carbocycles. The number of nitrogens with zero attached hydrogens (tertiary/aromatic N) is 1. The molecule has 2 fully saturated rings. The topological polar surface area (TPSA) is 80.1 Å². The maximum absolute atomic E-state index is 11.2. The number of rotatable bonds is 3. The summed E-state index contributed by atoms with van der Waals surface area (Å²) in [4.78, 5) is 10.7. The van der Waals surface area contributed by atoms with Crippen LogP contribution in [-0.2, 0) is 18.9 Å². The van der Waals surface area contributed by atoms with Gasteiger partial charge in [-0.3, -0.25) is 10.1 Å². The Labute approximate surface area is 109 Å². The second kappa shape index (κ2) is 5.22. The van der Waals surface area contributed by atoms with Crippen LogP contribution in [0.1, 0.15) is 23.7 Å². The van der Waals surface area contributed by atoms with Crippen molar-refractivity contribution in [2.45, 2.75) is 12.6 Å². The number of nitro benzene ring substituents is 1. The summed E-state index contributed by atoms with van der Waals surface area (Å²) in [5, 5.41) is 11.2. The van der Waals surface area contributed by atoms with E-state index in [2.05, 4.69) is 0 Å². The van der Waals surface area contributed by atoms with E-state index < -0.39 is 17.5 Å². The first-order chi connectivity index (χ1) is 9.25. The van der Waals surface area contributed by atoms with Gasteiger partial charge in [-0.25, -0.2) is 0 Å². The molecule has 102 valence electrons. The molecule has 3 rings (SSSR count). The fourth-order valence-corrected chi connectivity index (χ4v) is 2.15. The van der Waals surface area contributed by atoms with Crippen molar-refractivity contribution in [3.63, 3.8) is 0 Å². The molecule has 2 aliphatic heterocycles. The van der Waals surface area contributed by atoms with Gasteiger partial charge in [0, 0.05) is 11.6 Å². The smallest absolute Gasteiger partial charge is 0.278 e. The van der Waals surface area contributed by atoms with E-state index in [4.69, 9.17) is 18.9 Å². The predicted octanol–water partition coefficient (Wildman–Crippen LogP) is 1.69. The Morgan fingerprint density at radius 3 is 2.16 bits per heavy atom. The largest absolute Gasteiger partial charge is 0.346 e. The van der Waals surface area contributed by atoms with Crippen molar-refractivity contribution >= 4 is 5.69 Å². The molecule has 1 aromatic rings. The van der Waals surface area contributed by atoms with Crippen molar-refractivity contribution in [2.24, 2.45) is 0 Å². The zero-order valence-electron chi connectivity index (χ0n) is 10.1. The van der Waals surface area contributed by atoms with Crippen molar-refractivity contribution < 1.29 is 23.9 Å². The molecular formula is C12H13NO6. The first-order valence-electron chi connectivity index (χ1n) is 6.00. The zero-order chi connectivity index (χ0) is 13.2. The van der Waals surface area contributed by atoms with Crippen molar-refractivity contribution in [3.8, 4) is 0 Å². The van der Waals surface area contributed by atoms with Gasteiger partial charge in [0.1, 0.15) is 0 Å². The Morgan fingerprint density at radius 2 is 1.58 bits per heavy atom. The van der Waals surface area contributed by atoms with E-state index in [1.54, 1.807) is 12.1 Å². The summed E-state index contributed by atoms with van der Waals surface area (Å²) in [7, 11) is 0. The van der Waals surface area contributed by atoms with E-state index in [0.717, 1.165) is 0 Å². The van der Waals surface area contributed by atoms with Gasteiger partial charge < -0.3 is 18.9 Å². The second-order valence-corrected chi connectivity index (χ2v) is 4.22. The number of hydrogen-bond donors (Lipinski definition) is 0. The van der Waals surface area contributed by atoms with Crippen LogP contribution in [-0.4, -0.2) is 31.4 Å². The molecule has 7 nitrogen and oxygen atoms in total. The predicted molar refractivity (Wildman–Crippen MR) is 62.4 cm³/mol. The first-order valence-corrected chi connectivity index (χ1v) is 6.00. The zero-order valence-corrected chi connectivity index (χ0v) is 10.1. The summed E-state index contributed by atoms with van der Waals surface area (Å²) in [6.45, 7) is 1.88. The van der Waals surface area contributed by atoms with Crippen molar-refractivity contribution in [3.05, 3.63) is 39.4 Å². The molecule has 0 spiro atoms. The lowest BCUT2D eigenvalue weighted by Crippen LogP contribution is -2.06. The lowest BCUT2D eigenvalue weighted by molar-refractivity contribution is -0.386. The summed E-state index contributed by atoms with van der Waals surface area (Å²) >= 11 is 0. The molecule has 0 bridgehead atoms. The van der Waals surface area contributed by atoms with Gasteiger partial charge in [0.15, 0.2) is 12.6 Å². The standard InChI is InChI=1S/C12H13NO6/c14-13(15)10-7-8(11-16-3-4-17-11)1-2-9(10)12-18-5-6-19-12/h1-2,7,11-12H,3-6H2. The monoisotopic (exact) mass is 267 g/mol. The van der Waals surface area contributed by atoms with Crippen molar-refractivity contribution in [1.29, 1.82) is 0 Å². The Morgan fingerprint density at radius 1 is 1.00 bits per heavy atom. The quantitative estimate of drug-likeness (QED) is 0.612. The van der Waals surface area contributed by atoms with E-state index in [0.29, 0.717) is 37.6 Å². The average molecular weight is 267 g/mol. The molecule has 19 heavy (non-hydrogen) atoms. The normalized spacial score (nSPS) is 21.1. The minimum Gasteiger partial charge on any atom is -0.346 e. The summed E-state index contributed by atoms with van der Waals surface area (Å²) in [5.74, 6) is 0. The molecule has 0 amide bonds. The van der Waals surface area contributed by atoms with Crippen LogP contribution >= 0.6 is 0 Å². The molecule has 0 atom stereocenters. The lowest BCUT2D eigenvalue weighted by Gasteiger charge is -2.13. The molecule has 0 unspecified atom stereocenters. The minimum atomic E-state index is -0.667. The van der Waals surface area contributed by atoms with Gasteiger partial charge in [0.05, 0.1) is 36.9 Å². The molecule has 0 N–H and O–H groups in total. The third kappa shape index (κ3) is 2.45. The Hall–Kier alpha value is -1.54. The Bertz CT molecular complexity index is 479. The maximum Gasteiger partial charge on any atom is 0.278 e. The number of ether oxygens (including phenoxy) is 4. The van der Waals surface area contributed by atoms with Gasteiger partial charge in [0.25, 0.3) is 5.69 Å². The highest BCUT2D eigenvalue weighted by molar-refractivity contribution is 5.44. The third-order valence-corrected chi connectivity index (χ3v) is 3.02. The minimum absolute atomic E-state index is 0.0384. The van der Waals surface area contributed by atoms with Crippen LogP contribution < -0.4 is 0 Å². The molecule has 2 heterocycles. The number of benzene rings is 1. The summed E-state index contributed by atoms with van der Waals surface area (Å²) in [5.41, 5.74) is 1.01. The van der Waals surface area contributed by atoms with Gasteiger partial charge in [-0.2, -0.15) is 0 Å². The van der Waals surface area contributed by atoms with E-state index in [-0.39, 0.29) is 5.69 Å². The molecule has 2 aliphatic rings. The van der Waals surface area contributed by atoms with Gasteiger partial charge in [0.2, 0.25) is 0 Å². The first kappa shape index (κ1) is 12.5. The molecule has 0 aromatic heterocycles. The molecule has 1 aromatic carbocycles. The fourth-order valence-electron chi connectivity index (χ4n) is 2.15. The van der Waals surface area contributed by atoms with Crippen molar-refractivity contribution in [1.82, 2.24) is 0 Å². The summed E-state index contributed by atoms with van der Waals surface area (Å²) < 4.78 is 21.3. The van der Waals surface area contributed by atoms with Crippen LogP contribution in [0.15, 0.2) is 18.2 Å². The Balaban J connectivity index is 1.93. The van der Waals surface area contributed by atoms with E-state index in [1.165, 1.54) is 6.07 Å². The molecule has 0 radical (unpaired) electrons. The van der Waals surface area contributed by atoms with E-state index >= 15 is 0 Å². The van der Waals surface area contributed by atoms with Crippen LogP contribution in [0.3, 0.4) is 0 Å². The summed E-state index contributed by atoms with van der Waals surface area (Å²) in [6.07, 6.45) is -1.20. The second-order valence-electron chi connectivity index (χ2n) is 4.22. The van der Waals surface area contributed by atoms with Crippen LogP contribution in [0.5, 0.6) is 0 Å². The van der Waals surface area contributed by atoms with Crippen molar-refractivity contribution in [2.75, 3.05) is 26.4 Å². The fraction of sp³-hybridized carbons (Fsp3) is 0.500. The van der Waals surface area contributed by atoms with E-state index in [1.807, 2.05) is 0 Å². The molecule has 7 heteroatoms. The molecular weight excluding hydrogens is 254 g/mol. The molecule has 0 saturated carbocycles.